The lowest BCUT2D eigenvalue weighted by atomic mass is 10.1. The number of rotatable bonds is 5. The van der Waals surface area contributed by atoms with Crippen LogP contribution in [-0.4, -0.2) is 33.2 Å². The molecule has 1 saturated carbocycles. The van der Waals surface area contributed by atoms with E-state index >= 15 is 0 Å². The van der Waals surface area contributed by atoms with Crippen molar-refractivity contribution in [1.29, 1.82) is 0 Å². The molecular weight excluding hydrogens is 220 g/mol. The first-order chi connectivity index (χ1) is 8.06. The quantitative estimate of drug-likeness (QED) is 0.813. The molecule has 0 amide bonds. The minimum absolute atomic E-state index is 0.120. The summed E-state index contributed by atoms with van der Waals surface area (Å²) in [6.45, 7) is 3.96. The number of methoxy groups -OCH3 is 1. The molecule has 1 aliphatic rings. The highest BCUT2D eigenvalue weighted by Gasteiger charge is 2.38. The van der Waals surface area contributed by atoms with Crippen LogP contribution in [0.4, 0.5) is 0 Å². The highest BCUT2D eigenvalue weighted by molar-refractivity contribution is 5.28. The lowest BCUT2D eigenvalue weighted by Crippen LogP contribution is -2.24. The monoisotopic (exact) mass is 240 g/mol. The number of aromatic nitrogens is 2. The van der Waals surface area contributed by atoms with Crippen molar-refractivity contribution in [3.8, 4) is 5.75 Å². The Morgan fingerprint density at radius 1 is 1.41 bits per heavy atom. The molecule has 17 heavy (non-hydrogen) atoms. The maximum atomic E-state index is 10.2. The minimum atomic E-state index is -0.928. The second kappa shape index (κ2) is 4.66. The standard InChI is InChI=1S/C12H20N2O3/c1-7(2)14-10(9(17-3)6-13-14)12(16)11(15)8-4-5-8/h6-8,11-12,15-16H,4-5H2,1-3H3. The third-order valence-corrected chi connectivity index (χ3v) is 3.22. The van der Waals surface area contributed by atoms with Crippen molar-refractivity contribution in [2.45, 2.75) is 44.9 Å². The van der Waals surface area contributed by atoms with E-state index in [0.29, 0.717) is 11.4 Å². The second-order valence-electron chi connectivity index (χ2n) is 4.91. The van der Waals surface area contributed by atoms with E-state index in [2.05, 4.69) is 5.10 Å². The summed E-state index contributed by atoms with van der Waals surface area (Å²) in [6, 6.07) is 0.120. The van der Waals surface area contributed by atoms with Crippen molar-refractivity contribution in [2.24, 2.45) is 5.92 Å². The molecule has 5 nitrogen and oxygen atoms in total. The largest absolute Gasteiger partial charge is 0.493 e. The summed E-state index contributed by atoms with van der Waals surface area (Å²) in [5.41, 5.74) is 0.571. The molecule has 0 radical (unpaired) electrons. The van der Waals surface area contributed by atoms with Crippen molar-refractivity contribution in [3.63, 3.8) is 0 Å². The summed E-state index contributed by atoms with van der Waals surface area (Å²) in [4.78, 5) is 0. The van der Waals surface area contributed by atoms with Gasteiger partial charge in [-0.05, 0) is 32.6 Å². The molecule has 1 fully saturated rings. The Labute approximate surface area is 101 Å². The van der Waals surface area contributed by atoms with Gasteiger partial charge in [0.1, 0.15) is 11.8 Å². The summed E-state index contributed by atoms with van der Waals surface area (Å²) in [6.07, 6.45) is 1.89. The highest BCUT2D eigenvalue weighted by Crippen LogP contribution is 2.40. The molecule has 2 unspecified atom stereocenters. The number of hydrogen-bond acceptors (Lipinski definition) is 4. The van der Waals surface area contributed by atoms with Crippen LogP contribution >= 0.6 is 0 Å². The van der Waals surface area contributed by atoms with Crippen LogP contribution in [0.3, 0.4) is 0 Å². The fourth-order valence-corrected chi connectivity index (χ4v) is 2.06. The summed E-state index contributed by atoms with van der Waals surface area (Å²) >= 11 is 0. The zero-order valence-electron chi connectivity index (χ0n) is 10.5. The molecule has 1 aromatic rings. The van der Waals surface area contributed by atoms with Crippen LogP contribution in [0.2, 0.25) is 0 Å². The van der Waals surface area contributed by atoms with Gasteiger partial charge >= 0.3 is 0 Å². The smallest absolute Gasteiger partial charge is 0.162 e. The first-order valence-electron chi connectivity index (χ1n) is 6.03. The van der Waals surface area contributed by atoms with E-state index in [0.717, 1.165) is 12.8 Å². The fourth-order valence-electron chi connectivity index (χ4n) is 2.06. The lowest BCUT2D eigenvalue weighted by molar-refractivity contribution is -0.00200. The zero-order chi connectivity index (χ0) is 12.6. The molecule has 1 heterocycles. The molecule has 0 aromatic carbocycles. The van der Waals surface area contributed by atoms with Crippen molar-refractivity contribution in [3.05, 3.63) is 11.9 Å². The zero-order valence-corrected chi connectivity index (χ0v) is 10.5. The maximum absolute atomic E-state index is 10.2. The van der Waals surface area contributed by atoms with Gasteiger partial charge < -0.3 is 14.9 Å². The van der Waals surface area contributed by atoms with Crippen LogP contribution in [0.15, 0.2) is 6.20 Å². The van der Waals surface area contributed by atoms with Gasteiger partial charge in [-0.2, -0.15) is 5.10 Å². The predicted octanol–water partition coefficient (Wildman–Crippen LogP) is 1.28. The summed E-state index contributed by atoms with van der Waals surface area (Å²) in [7, 11) is 1.54. The number of aliphatic hydroxyl groups is 2. The maximum Gasteiger partial charge on any atom is 0.162 e. The van der Waals surface area contributed by atoms with Gasteiger partial charge in [-0.1, -0.05) is 0 Å². The minimum Gasteiger partial charge on any atom is -0.493 e. The molecular formula is C12H20N2O3. The molecule has 1 aromatic heterocycles. The van der Waals surface area contributed by atoms with Crippen molar-refractivity contribution in [2.75, 3.05) is 7.11 Å². The average molecular weight is 240 g/mol. The fraction of sp³-hybridized carbons (Fsp3) is 0.750. The Hall–Kier alpha value is -1.07. The van der Waals surface area contributed by atoms with Gasteiger partial charge in [0.15, 0.2) is 5.75 Å². The van der Waals surface area contributed by atoms with E-state index in [1.165, 1.54) is 0 Å². The molecule has 0 spiro atoms. The first-order valence-corrected chi connectivity index (χ1v) is 6.03. The van der Waals surface area contributed by atoms with Crippen molar-refractivity contribution >= 4 is 0 Å². The van der Waals surface area contributed by atoms with Gasteiger partial charge in [-0.15, -0.1) is 0 Å². The van der Waals surface area contributed by atoms with Crippen LogP contribution in [0, 0.1) is 5.92 Å². The number of ether oxygens (including phenoxy) is 1. The Morgan fingerprint density at radius 3 is 2.53 bits per heavy atom. The van der Waals surface area contributed by atoms with E-state index in [4.69, 9.17) is 4.74 Å². The molecule has 1 aliphatic carbocycles. The normalized spacial score (nSPS) is 19.4. The van der Waals surface area contributed by atoms with E-state index in [9.17, 15) is 10.2 Å². The Morgan fingerprint density at radius 2 is 2.06 bits per heavy atom. The summed E-state index contributed by atoms with van der Waals surface area (Å²) < 4.78 is 6.90. The number of hydrogen-bond donors (Lipinski definition) is 2. The average Bonchev–Trinajstić information content (AvgIpc) is 3.05. The van der Waals surface area contributed by atoms with Gasteiger partial charge in [0.05, 0.1) is 19.4 Å². The van der Waals surface area contributed by atoms with Crippen molar-refractivity contribution in [1.82, 2.24) is 9.78 Å². The molecule has 5 heteroatoms. The van der Waals surface area contributed by atoms with Gasteiger partial charge in [0.2, 0.25) is 0 Å². The highest BCUT2D eigenvalue weighted by atomic mass is 16.5. The lowest BCUT2D eigenvalue weighted by Gasteiger charge is -2.21. The number of aliphatic hydroxyl groups excluding tert-OH is 2. The van der Waals surface area contributed by atoms with Gasteiger partial charge in [0.25, 0.3) is 0 Å². The van der Waals surface area contributed by atoms with E-state index in [-0.39, 0.29) is 12.0 Å². The third-order valence-electron chi connectivity index (χ3n) is 3.22. The topological polar surface area (TPSA) is 67.5 Å². The van der Waals surface area contributed by atoms with Gasteiger partial charge in [0, 0.05) is 6.04 Å². The van der Waals surface area contributed by atoms with E-state index < -0.39 is 12.2 Å². The molecule has 96 valence electrons. The van der Waals surface area contributed by atoms with Crippen LogP contribution in [-0.2, 0) is 0 Å². The third kappa shape index (κ3) is 2.30. The Bertz CT molecular complexity index is 385. The summed E-state index contributed by atoms with van der Waals surface area (Å²) in [5, 5.41) is 24.4. The van der Waals surface area contributed by atoms with Crippen molar-refractivity contribution < 1.29 is 14.9 Å². The van der Waals surface area contributed by atoms with Crippen LogP contribution in [0.25, 0.3) is 0 Å². The molecule has 0 bridgehead atoms. The first kappa shape index (κ1) is 12.4. The molecule has 2 atom stereocenters. The SMILES string of the molecule is COc1cnn(C(C)C)c1C(O)C(O)C1CC1. The predicted molar refractivity (Wildman–Crippen MR) is 62.9 cm³/mol. The van der Waals surface area contributed by atoms with Gasteiger partial charge in [-0.25, -0.2) is 0 Å². The Balaban J connectivity index is 2.30. The molecule has 0 aliphatic heterocycles. The summed E-state index contributed by atoms with van der Waals surface area (Å²) in [5.74, 6) is 0.746. The van der Waals surface area contributed by atoms with Crippen LogP contribution in [0.1, 0.15) is 44.5 Å². The Kier molecular flexibility index (Phi) is 3.40. The number of nitrogens with zero attached hydrogens (tertiary/aromatic N) is 2. The second-order valence-corrected chi connectivity index (χ2v) is 4.91. The van der Waals surface area contributed by atoms with E-state index in [1.807, 2.05) is 13.8 Å². The van der Waals surface area contributed by atoms with Gasteiger partial charge in [-0.3, -0.25) is 4.68 Å². The molecule has 2 rings (SSSR count). The van der Waals surface area contributed by atoms with Crippen LogP contribution in [0.5, 0.6) is 5.75 Å². The molecule has 2 N–H and O–H groups in total. The van der Waals surface area contributed by atoms with Crippen LogP contribution < -0.4 is 4.74 Å². The van der Waals surface area contributed by atoms with E-state index in [1.54, 1.807) is 18.0 Å². The molecule has 0 saturated heterocycles.